The number of carbonyl (C=O) groups is 2. The second kappa shape index (κ2) is 8.47. The molecule has 0 saturated heterocycles. The SMILES string of the molecule is COC(=O)c1ccc([C@H]2c3c(oc4cc(OC)ccc4c3=O)C(=O)N2CCN(C)C)cc1. The highest BCUT2D eigenvalue weighted by molar-refractivity contribution is 5.99. The molecule has 166 valence electrons. The first kappa shape index (κ1) is 21.6. The van der Waals surface area contributed by atoms with E-state index in [1.165, 1.54) is 14.2 Å². The van der Waals surface area contributed by atoms with E-state index < -0.39 is 12.0 Å². The second-order valence-electron chi connectivity index (χ2n) is 7.85. The number of amides is 1. The lowest BCUT2D eigenvalue weighted by Gasteiger charge is -2.26. The first-order chi connectivity index (χ1) is 15.3. The lowest BCUT2D eigenvalue weighted by molar-refractivity contribution is 0.0599. The van der Waals surface area contributed by atoms with Crippen LogP contribution in [0.3, 0.4) is 0 Å². The molecule has 32 heavy (non-hydrogen) atoms. The third kappa shape index (κ3) is 3.62. The quantitative estimate of drug-likeness (QED) is 0.549. The molecular weight excluding hydrogens is 412 g/mol. The third-order valence-corrected chi connectivity index (χ3v) is 5.61. The summed E-state index contributed by atoms with van der Waals surface area (Å²) in [4.78, 5) is 42.2. The van der Waals surface area contributed by atoms with Crippen molar-refractivity contribution in [1.82, 2.24) is 9.80 Å². The minimum atomic E-state index is -0.619. The van der Waals surface area contributed by atoms with E-state index in [9.17, 15) is 14.4 Å². The molecule has 1 atom stereocenters. The van der Waals surface area contributed by atoms with Crippen molar-refractivity contribution in [3.8, 4) is 5.75 Å². The first-order valence-corrected chi connectivity index (χ1v) is 10.1. The Hall–Kier alpha value is -3.65. The standard InChI is InChI=1S/C24H24N2O6/c1-25(2)11-12-26-20(14-5-7-15(8-6-14)24(29)31-4)19-21(27)17-10-9-16(30-3)13-18(17)32-22(19)23(26)28/h5-10,13,20H,11-12H2,1-4H3/t20-/m0/s1. The van der Waals surface area contributed by atoms with E-state index in [0.717, 1.165) is 0 Å². The summed E-state index contributed by atoms with van der Waals surface area (Å²) in [6.45, 7) is 1.01. The molecule has 0 bridgehead atoms. The topological polar surface area (TPSA) is 89.3 Å². The normalized spacial score (nSPS) is 15.3. The van der Waals surface area contributed by atoms with Gasteiger partial charge in [0.2, 0.25) is 5.76 Å². The van der Waals surface area contributed by atoms with E-state index in [-0.39, 0.29) is 17.1 Å². The molecule has 8 nitrogen and oxygen atoms in total. The van der Waals surface area contributed by atoms with Gasteiger partial charge in [-0.3, -0.25) is 9.59 Å². The summed E-state index contributed by atoms with van der Waals surface area (Å²) < 4.78 is 15.9. The number of esters is 1. The summed E-state index contributed by atoms with van der Waals surface area (Å²) in [5.41, 5.74) is 1.45. The fourth-order valence-electron chi connectivity index (χ4n) is 3.93. The minimum absolute atomic E-state index is 0.0385. The molecule has 0 radical (unpaired) electrons. The number of rotatable bonds is 6. The van der Waals surface area contributed by atoms with Gasteiger partial charge in [0, 0.05) is 19.2 Å². The number of fused-ring (bicyclic) bond motifs is 2. The van der Waals surface area contributed by atoms with Crippen LogP contribution in [0.5, 0.6) is 5.75 Å². The number of ether oxygens (including phenoxy) is 2. The van der Waals surface area contributed by atoms with Crippen LogP contribution in [0, 0.1) is 0 Å². The maximum atomic E-state index is 13.5. The number of hydrogen-bond acceptors (Lipinski definition) is 7. The van der Waals surface area contributed by atoms with Crippen molar-refractivity contribution < 1.29 is 23.5 Å². The zero-order valence-electron chi connectivity index (χ0n) is 18.4. The van der Waals surface area contributed by atoms with E-state index in [2.05, 4.69) is 0 Å². The molecule has 1 aliphatic heterocycles. The first-order valence-electron chi connectivity index (χ1n) is 10.1. The van der Waals surface area contributed by atoms with E-state index >= 15 is 0 Å². The van der Waals surface area contributed by atoms with Gasteiger partial charge in [0.05, 0.1) is 36.8 Å². The molecule has 3 aromatic rings. The van der Waals surface area contributed by atoms with Crippen LogP contribution in [-0.2, 0) is 4.74 Å². The summed E-state index contributed by atoms with van der Waals surface area (Å²) in [5, 5.41) is 0.378. The highest BCUT2D eigenvalue weighted by Crippen LogP contribution is 2.38. The van der Waals surface area contributed by atoms with Crippen LogP contribution in [0.15, 0.2) is 51.7 Å². The summed E-state index contributed by atoms with van der Waals surface area (Å²) in [6.07, 6.45) is 0. The van der Waals surface area contributed by atoms with Crippen LogP contribution in [0.25, 0.3) is 11.0 Å². The zero-order valence-corrected chi connectivity index (χ0v) is 18.4. The van der Waals surface area contributed by atoms with Gasteiger partial charge < -0.3 is 23.7 Å². The van der Waals surface area contributed by atoms with Crippen molar-refractivity contribution >= 4 is 22.8 Å². The van der Waals surface area contributed by atoms with Crippen molar-refractivity contribution in [2.75, 3.05) is 41.4 Å². The highest BCUT2D eigenvalue weighted by Gasteiger charge is 2.42. The molecule has 4 rings (SSSR count). The Kier molecular flexibility index (Phi) is 5.71. The molecule has 0 saturated carbocycles. The van der Waals surface area contributed by atoms with Crippen molar-refractivity contribution in [2.24, 2.45) is 0 Å². The van der Waals surface area contributed by atoms with Crippen LogP contribution >= 0.6 is 0 Å². The predicted octanol–water partition coefficient (Wildman–Crippen LogP) is 2.70. The molecular formula is C24H24N2O6. The zero-order chi connectivity index (χ0) is 23.0. The molecule has 0 N–H and O–H groups in total. The van der Waals surface area contributed by atoms with Gasteiger partial charge in [-0.05, 0) is 43.9 Å². The van der Waals surface area contributed by atoms with Crippen LogP contribution < -0.4 is 10.2 Å². The summed E-state index contributed by atoms with van der Waals surface area (Å²) >= 11 is 0. The third-order valence-electron chi connectivity index (χ3n) is 5.61. The molecule has 0 fully saturated rings. The van der Waals surface area contributed by atoms with Gasteiger partial charge >= 0.3 is 5.97 Å². The van der Waals surface area contributed by atoms with Gasteiger partial charge in [0.15, 0.2) is 5.43 Å². The average Bonchev–Trinajstić information content (AvgIpc) is 3.08. The van der Waals surface area contributed by atoms with Gasteiger partial charge in [-0.15, -0.1) is 0 Å². The van der Waals surface area contributed by atoms with E-state index in [1.807, 2.05) is 19.0 Å². The lowest BCUT2D eigenvalue weighted by Crippen LogP contribution is -2.35. The van der Waals surface area contributed by atoms with Gasteiger partial charge in [0.25, 0.3) is 5.91 Å². The maximum absolute atomic E-state index is 13.5. The highest BCUT2D eigenvalue weighted by atomic mass is 16.5. The van der Waals surface area contributed by atoms with E-state index in [1.54, 1.807) is 47.4 Å². The second-order valence-corrected chi connectivity index (χ2v) is 7.85. The number of benzene rings is 2. The Bertz CT molecular complexity index is 1250. The maximum Gasteiger partial charge on any atom is 0.337 e. The predicted molar refractivity (Wildman–Crippen MR) is 118 cm³/mol. The molecule has 1 aliphatic rings. The van der Waals surface area contributed by atoms with Crippen molar-refractivity contribution in [2.45, 2.75) is 6.04 Å². The fraction of sp³-hybridized carbons (Fsp3) is 0.292. The fourth-order valence-corrected chi connectivity index (χ4v) is 3.93. The van der Waals surface area contributed by atoms with Crippen LogP contribution in [0.4, 0.5) is 0 Å². The van der Waals surface area contributed by atoms with Crippen molar-refractivity contribution in [3.05, 3.63) is 75.1 Å². The average molecular weight is 436 g/mol. The summed E-state index contributed by atoms with van der Waals surface area (Å²) in [5.74, 6) is -0.226. The number of hydrogen-bond donors (Lipinski definition) is 0. The largest absolute Gasteiger partial charge is 0.497 e. The monoisotopic (exact) mass is 436 g/mol. The number of carbonyl (C=O) groups excluding carboxylic acids is 2. The Morgan fingerprint density at radius 1 is 1.09 bits per heavy atom. The van der Waals surface area contributed by atoms with Gasteiger partial charge in [0.1, 0.15) is 11.3 Å². The minimum Gasteiger partial charge on any atom is -0.497 e. The number of nitrogens with zero attached hydrogens (tertiary/aromatic N) is 2. The lowest BCUT2D eigenvalue weighted by atomic mass is 9.97. The summed E-state index contributed by atoms with van der Waals surface area (Å²) in [6, 6.07) is 11.0. The van der Waals surface area contributed by atoms with Crippen LogP contribution in [0.2, 0.25) is 0 Å². The van der Waals surface area contributed by atoms with E-state index in [4.69, 9.17) is 13.9 Å². The Morgan fingerprint density at radius 2 is 1.81 bits per heavy atom. The molecule has 2 heterocycles. The van der Waals surface area contributed by atoms with Gasteiger partial charge in [-0.2, -0.15) is 0 Å². The molecule has 0 spiro atoms. The number of methoxy groups -OCH3 is 2. The molecule has 0 aliphatic carbocycles. The molecule has 0 unspecified atom stereocenters. The van der Waals surface area contributed by atoms with Crippen LogP contribution in [-0.4, -0.2) is 63.1 Å². The van der Waals surface area contributed by atoms with Crippen molar-refractivity contribution in [1.29, 1.82) is 0 Å². The molecule has 8 heteroatoms. The smallest absolute Gasteiger partial charge is 0.337 e. The molecule has 1 aromatic heterocycles. The summed E-state index contributed by atoms with van der Waals surface area (Å²) in [7, 11) is 6.67. The molecule has 2 aromatic carbocycles. The van der Waals surface area contributed by atoms with Crippen molar-refractivity contribution in [3.63, 3.8) is 0 Å². The Labute approximate surface area is 184 Å². The number of likely N-dealkylation sites (N-methyl/N-ethyl adjacent to an activating group) is 1. The van der Waals surface area contributed by atoms with Crippen LogP contribution in [0.1, 0.15) is 38.1 Å². The van der Waals surface area contributed by atoms with E-state index in [0.29, 0.717) is 46.5 Å². The Balaban J connectivity index is 1.88. The Morgan fingerprint density at radius 3 is 2.44 bits per heavy atom. The van der Waals surface area contributed by atoms with Gasteiger partial charge in [-0.1, -0.05) is 12.1 Å². The van der Waals surface area contributed by atoms with Gasteiger partial charge in [-0.25, -0.2) is 4.79 Å². The molecule has 1 amide bonds.